The average molecular weight is 397 g/mol. The van der Waals surface area contributed by atoms with Crippen LogP contribution in [0, 0.1) is 11.6 Å². The first-order valence-corrected chi connectivity index (χ1v) is 10.2. The molecule has 1 saturated heterocycles. The van der Waals surface area contributed by atoms with E-state index in [4.69, 9.17) is 4.42 Å². The molecule has 4 rings (SSSR count). The fourth-order valence-corrected chi connectivity index (χ4v) is 5.21. The van der Waals surface area contributed by atoms with Gasteiger partial charge < -0.3 is 4.42 Å². The number of aromatic nitrogens is 2. The molecule has 1 aliphatic heterocycles. The SMILES string of the molecule is O=S(=O)(c1ccc(F)c(F)c1)N1CCC[C@@H]1c1nnc(-c2ccsc2)o1. The highest BCUT2D eigenvalue weighted by molar-refractivity contribution is 7.89. The Balaban J connectivity index is 1.67. The molecule has 136 valence electrons. The van der Waals surface area contributed by atoms with E-state index in [1.54, 1.807) is 0 Å². The summed E-state index contributed by atoms with van der Waals surface area (Å²) in [5, 5.41) is 11.7. The number of halogens is 2. The zero-order valence-corrected chi connectivity index (χ0v) is 14.9. The van der Waals surface area contributed by atoms with Crippen molar-refractivity contribution in [2.45, 2.75) is 23.8 Å². The van der Waals surface area contributed by atoms with Crippen LogP contribution in [0.25, 0.3) is 11.5 Å². The first kappa shape index (κ1) is 17.3. The maximum absolute atomic E-state index is 13.5. The summed E-state index contributed by atoms with van der Waals surface area (Å²) < 4.78 is 59.2. The Morgan fingerprint density at radius 3 is 2.77 bits per heavy atom. The predicted octanol–water partition coefficient (Wildman–Crippen LogP) is 3.60. The zero-order chi connectivity index (χ0) is 18.3. The lowest BCUT2D eigenvalue weighted by molar-refractivity contribution is 0.332. The average Bonchev–Trinajstić information content (AvgIpc) is 3.36. The zero-order valence-electron chi connectivity index (χ0n) is 13.3. The molecule has 1 fully saturated rings. The molecule has 1 aliphatic rings. The highest BCUT2D eigenvalue weighted by Crippen LogP contribution is 2.37. The first-order valence-electron chi connectivity index (χ1n) is 7.79. The van der Waals surface area contributed by atoms with Crippen molar-refractivity contribution in [3.05, 3.63) is 52.6 Å². The number of hydrogen-bond acceptors (Lipinski definition) is 6. The summed E-state index contributed by atoms with van der Waals surface area (Å²) in [4.78, 5) is -0.305. The molecule has 0 aliphatic carbocycles. The van der Waals surface area contributed by atoms with Crippen LogP contribution in [0.2, 0.25) is 0 Å². The van der Waals surface area contributed by atoms with Crippen LogP contribution in [0.3, 0.4) is 0 Å². The molecule has 0 N–H and O–H groups in total. The Labute approximate surface area is 152 Å². The van der Waals surface area contributed by atoms with E-state index in [0.717, 1.165) is 17.7 Å². The molecule has 1 atom stereocenters. The van der Waals surface area contributed by atoms with Crippen molar-refractivity contribution in [2.24, 2.45) is 0 Å². The highest BCUT2D eigenvalue weighted by atomic mass is 32.2. The fourth-order valence-electron chi connectivity index (χ4n) is 2.92. The van der Waals surface area contributed by atoms with Crippen LogP contribution in [-0.2, 0) is 10.0 Å². The first-order chi connectivity index (χ1) is 12.5. The van der Waals surface area contributed by atoms with Gasteiger partial charge in [-0.1, -0.05) is 0 Å². The Morgan fingerprint density at radius 1 is 1.19 bits per heavy atom. The van der Waals surface area contributed by atoms with Crippen molar-refractivity contribution in [3.63, 3.8) is 0 Å². The molecule has 26 heavy (non-hydrogen) atoms. The van der Waals surface area contributed by atoms with Gasteiger partial charge in [0.15, 0.2) is 11.6 Å². The van der Waals surface area contributed by atoms with Crippen LogP contribution in [0.1, 0.15) is 24.8 Å². The Bertz CT molecular complexity index is 1030. The van der Waals surface area contributed by atoms with E-state index in [9.17, 15) is 17.2 Å². The van der Waals surface area contributed by atoms with Crippen LogP contribution in [0.5, 0.6) is 0 Å². The van der Waals surface area contributed by atoms with Gasteiger partial charge >= 0.3 is 0 Å². The maximum atomic E-state index is 13.5. The normalized spacial score (nSPS) is 18.5. The summed E-state index contributed by atoms with van der Waals surface area (Å²) in [6.45, 7) is 0.238. The van der Waals surface area contributed by atoms with Gasteiger partial charge in [-0.2, -0.15) is 15.6 Å². The number of hydrogen-bond donors (Lipinski definition) is 0. The standard InChI is InChI=1S/C16H13F2N3O3S2/c17-12-4-3-11(8-13(12)18)26(22,23)21-6-1-2-14(21)16-20-19-15(24-16)10-5-7-25-9-10/h3-5,7-9,14H,1-2,6H2/t14-/m1/s1. The van der Waals surface area contributed by atoms with Gasteiger partial charge in [0.2, 0.25) is 21.8 Å². The fraction of sp³-hybridized carbons (Fsp3) is 0.250. The highest BCUT2D eigenvalue weighted by Gasteiger charge is 2.39. The molecule has 0 bridgehead atoms. The van der Waals surface area contributed by atoms with E-state index < -0.39 is 27.7 Å². The second kappa shape index (κ2) is 6.53. The second-order valence-corrected chi connectivity index (χ2v) is 8.48. The van der Waals surface area contributed by atoms with Crippen LogP contribution in [0.4, 0.5) is 8.78 Å². The number of sulfonamides is 1. The molecular weight excluding hydrogens is 384 g/mol. The molecule has 0 spiro atoms. The van der Waals surface area contributed by atoms with Gasteiger partial charge in [0, 0.05) is 17.5 Å². The minimum Gasteiger partial charge on any atom is -0.419 e. The van der Waals surface area contributed by atoms with E-state index in [1.807, 2.05) is 16.8 Å². The summed E-state index contributed by atoms with van der Waals surface area (Å²) in [5.74, 6) is -1.80. The van der Waals surface area contributed by atoms with Gasteiger partial charge in [0.05, 0.1) is 4.90 Å². The van der Waals surface area contributed by atoms with E-state index in [2.05, 4.69) is 10.2 Å². The molecule has 3 aromatic rings. The van der Waals surface area contributed by atoms with Crippen LogP contribution < -0.4 is 0 Å². The lowest BCUT2D eigenvalue weighted by Crippen LogP contribution is -2.31. The Kier molecular flexibility index (Phi) is 4.33. The lowest BCUT2D eigenvalue weighted by Gasteiger charge is -2.21. The quantitative estimate of drug-likeness (QED) is 0.672. The van der Waals surface area contributed by atoms with Crippen molar-refractivity contribution in [3.8, 4) is 11.5 Å². The summed E-state index contributed by atoms with van der Waals surface area (Å²) in [5.41, 5.74) is 0.766. The molecule has 0 radical (unpaired) electrons. The third-order valence-electron chi connectivity index (χ3n) is 4.20. The third-order valence-corrected chi connectivity index (χ3v) is 6.78. The van der Waals surface area contributed by atoms with E-state index >= 15 is 0 Å². The van der Waals surface area contributed by atoms with Gasteiger partial charge in [-0.3, -0.25) is 0 Å². The molecule has 6 nitrogen and oxygen atoms in total. The predicted molar refractivity (Wildman–Crippen MR) is 89.8 cm³/mol. The number of rotatable bonds is 4. The summed E-state index contributed by atoms with van der Waals surface area (Å²) >= 11 is 1.48. The van der Waals surface area contributed by atoms with Gasteiger partial charge in [0.1, 0.15) is 6.04 Å². The van der Waals surface area contributed by atoms with Crippen LogP contribution >= 0.6 is 11.3 Å². The van der Waals surface area contributed by atoms with Crippen molar-refractivity contribution in [1.29, 1.82) is 0 Å². The van der Waals surface area contributed by atoms with Gasteiger partial charge in [-0.15, -0.1) is 10.2 Å². The summed E-state index contributed by atoms with van der Waals surface area (Å²) in [7, 11) is -4.02. The molecule has 0 amide bonds. The summed E-state index contributed by atoms with van der Waals surface area (Å²) in [6, 6.07) is 3.73. The molecule has 3 heterocycles. The smallest absolute Gasteiger partial charge is 0.248 e. The van der Waals surface area contributed by atoms with Gasteiger partial charge in [-0.05, 0) is 42.5 Å². The molecular formula is C16H13F2N3O3S2. The van der Waals surface area contributed by atoms with Crippen LogP contribution in [0.15, 0.2) is 44.3 Å². The Morgan fingerprint density at radius 2 is 2.04 bits per heavy atom. The topological polar surface area (TPSA) is 76.3 Å². The number of nitrogens with zero attached hydrogens (tertiary/aromatic N) is 3. The monoisotopic (exact) mass is 397 g/mol. The van der Waals surface area contributed by atoms with E-state index in [1.165, 1.54) is 15.6 Å². The second-order valence-electron chi connectivity index (χ2n) is 5.81. The minimum atomic E-state index is -4.02. The maximum Gasteiger partial charge on any atom is 0.248 e. The van der Waals surface area contributed by atoms with Crippen LogP contribution in [-0.4, -0.2) is 29.5 Å². The van der Waals surface area contributed by atoms with Crippen molar-refractivity contribution >= 4 is 21.4 Å². The van der Waals surface area contributed by atoms with E-state index in [0.29, 0.717) is 24.8 Å². The molecule has 2 aromatic heterocycles. The summed E-state index contributed by atoms with van der Waals surface area (Å²) in [6.07, 6.45) is 1.11. The lowest BCUT2D eigenvalue weighted by atomic mass is 10.2. The van der Waals surface area contributed by atoms with Crippen molar-refractivity contribution in [1.82, 2.24) is 14.5 Å². The molecule has 1 aromatic carbocycles. The number of benzene rings is 1. The Hall–Kier alpha value is -2.17. The van der Waals surface area contributed by atoms with E-state index in [-0.39, 0.29) is 17.3 Å². The largest absolute Gasteiger partial charge is 0.419 e. The van der Waals surface area contributed by atoms with Gasteiger partial charge in [-0.25, -0.2) is 17.2 Å². The molecule has 0 unspecified atom stereocenters. The number of thiophene rings is 1. The minimum absolute atomic E-state index is 0.190. The van der Waals surface area contributed by atoms with Gasteiger partial charge in [0.25, 0.3) is 0 Å². The molecule has 10 heteroatoms. The van der Waals surface area contributed by atoms with Crippen molar-refractivity contribution < 1.29 is 21.6 Å². The van der Waals surface area contributed by atoms with Crippen molar-refractivity contribution in [2.75, 3.05) is 6.54 Å². The molecule has 0 saturated carbocycles. The third kappa shape index (κ3) is 2.93.